The highest BCUT2D eigenvalue weighted by molar-refractivity contribution is 5.89. The minimum Gasteiger partial charge on any atom is -0.480 e. The molecule has 2 heterocycles. The Balaban J connectivity index is 2.18. The highest BCUT2D eigenvalue weighted by Gasteiger charge is 2.41. The molecule has 10 heteroatoms. The highest BCUT2D eigenvalue weighted by Crippen LogP contribution is 2.27. The number of likely N-dealkylation sites (tertiary alicyclic amines) is 1. The lowest BCUT2D eigenvalue weighted by molar-refractivity contribution is -0.146. The highest BCUT2D eigenvalue weighted by atomic mass is 16.4. The third kappa shape index (κ3) is 8.14. The van der Waals surface area contributed by atoms with Gasteiger partial charge in [-0.25, -0.2) is 0 Å². The third-order valence-electron chi connectivity index (χ3n) is 8.00. The number of carboxylic acid groups (broad SMARTS) is 1. The first kappa shape index (κ1) is 31.0. The van der Waals surface area contributed by atoms with E-state index >= 15 is 0 Å². The van der Waals surface area contributed by atoms with E-state index < -0.39 is 23.5 Å². The summed E-state index contributed by atoms with van der Waals surface area (Å²) in [4.78, 5) is 56.3. The van der Waals surface area contributed by atoms with Gasteiger partial charge in [-0.3, -0.25) is 24.1 Å². The minimum atomic E-state index is -1.04. The molecule has 0 aromatic carbocycles. The molecule has 2 aliphatic heterocycles. The zero-order valence-electron chi connectivity index (χ0n) is 24.0. The van der Waals surface area contributed by atoms with E-state index in [1.165, 1.54) is 11.9 Å². The van der Waals surface area contributed by atoms with E-state index in [1.807, 2.05) is 20.8 Å². The van der Waals surface area contributed by atoms with Crippen LogP contribution in [-0.2, 0) is 19.2 Å². The van der Waals surface area contributed by atoms with Gasteiger partial charge in [0.15, 0.2) is 0 Å². The van der Waals surface area contributed by atoms with Crippen molar-refractivity contribution in [2.75, 3.05) is 46.8 Å². The Kier molecular flexibility index (Phi) is 10.9. The second-order valence-corrected chi connectivity index (χ2v) is 12.4. The molecule has 0 spiro atoms. The maximum absolute atomic E-state index is 13.9. The molecule has 3 N–H and O–H groups in total. The molecule has 212 valence electrons. The monoisotopic (exact) mass is 523 g/mol. The molecule has 1 unspecified atom stereocenters. The van der Waals surface area contributed by atoms with Crippen molar-refractivity contribution in [2.45, 2.75) is 78.9 Å². The van der Waals surface area contributed by atoms with Crippen molar-refractivity contribution in [1.82, 2.24) is 25.3 Å². The molecule has 0 bridgehead atoms. The van der Waals surface area contributed by atoms with Crippen LogP contribution in [0.25, 0.3) is 0 Å². The topological polar surface area (TPSA) is 122 Å². The molecule has 0 aromatic rings. The second kappa shape index (κ2) is 13.0. The summed E-state index contributed by atoms with van der Waals surface area (Å²) in [5, 5.41) is 15.5. The Morgan fingerprint density at radius 3 is 2.32 bits per heavy atom. The van der Waals surface area contributed by atoms with Crippen molar-refractivity contribution in [3.63, 3.8) is 0 Å². The molecule has 0 radical (unpaired) electrons. The summed E-state index contributed by atoms with van der Waals surface area (Å²) in [6, 6.07) is -1.26. The van der Waals surface area contributed by atoms with Crippen LogP contribution in [-0.4, -0.2) is 108 Å². The fraction of sp³-hybridized carbons (Fsp3) is 0.852. The van der Waals surface area contributed by atoms with Gasteiger partial charge in [-0.1, -0.05) is 41.5 Å². The summed E-state index contributed by atoms with van der Waals surface area (Å²) in [6.45, 7) is 14.5. The van der Waals surface area contributed by atoms with Crippen LogP contribution in [0.2, 0.25) is 0 Å². The maximum Gasteiger partial charge on any atom is 0.323 e. The molecule has 5 atom stereocenters. The van der Waals surface area contributed by atoms with Gasteiger partial charge in [-0.05, 0) is 49.6 Å². The summed E-state index contributed by atoms with van der Waals surface area (Å²) in [7, 11) is 3.30. The van der Waals surface area contributed by atoms with Gasteiger partial charge in [0, 0.05) is 33.2 Å². The van der Waals surface area contributed by atoms with Crippen LogP contribution in [0.4, 0.5) is 0 Å². The maximum atomic E-state index is 13.9. The van der Waals surface area contributed by atoms with Gasteiger partial charge in [0.25, 0.3) is 0 Å². The molecule has 10 nitrogen and oxygen atoms in total. The number of hydrogen-bond acceptors (Lipinski definition) is 6. The summed E-state index contributed by atoms with van der Waals surface area (Å²) in [5.74, 6) is -1.28. The molecule has 0 aromatic heterocycles. The van der Waals surface area contributed by atoms with Crippen molar-refractivity contribution < 1.29 is 24.3 Å². The van der Waals surface area contributed by atoms with E-state index in [2.05, 4.69) is 36.3 Å². The van der Waals surface area contributed by atoms with E-state index in [-0.39, 0.29) is 48.1 Å². The Bertz CT molecular complexity index is 826. The van der Waals surface area contributed by atoms with Crippen molar-refractivity contribution in [3.05, 3.63) is 0 Å². The summed E-state index contributed by atoms with van der Waals surface area (Å²) < 4.78 is 0. The number of carboxylic acids is 1. The van der Waals surface area contributed by atoms with Gasteiger partial charge in [-0.2, -0.15) is 0 Å². The van der Waals surface area contributed by atoms with Crippen LogP contribution in [0.5, 0.6) is 0 Å². The van der Waals surface area contributed by atoms with Crippen LogP contribution >= 0.6 is 0 Å². The Labute approximate surface area is 222 Å². The predicted octanol–water partition coefficient (Wildman–Crippen LogP) is 1.25. The van der Waals surface area contributed by atoms with Gasteiger partial charge in [0.2, 0.25) is 17.7 Å². The molecule has 37 heavy (non-hydrogen) atoms. The number of carbonyl (C=O) groups excluding carboxylic acids is 3. The molecule has 2 saturated heterocycles. The average molecular weight is 524 g/mol. The second-order valence-electron chi connectivity index (χ2n) is 12.4. The number of likely N-dealkylation sites (N-methyl/N-ethyl adjacent to an activating group) is 2. The smallest absolute Gasteiger partial charge is 0.323 e. The lowest BCUT2D eigenvalue weighted by atomic mass is 9.83. The molecular formula is C27H49N5O5. The summed E-state index contributed by atoms with van der Waals surface area (Å²) in [5.41, 5.74) is -0.487. The Morgan fingerprint density at radius 2 is 1.78 bits per heavy atom. The van der Waals surface area contributed by atoms with Gasteiger partial charge >= 0.3 is 5.97 Å². The standard InChI is InChI=1S/C27H49N5O5/c1-17(2)21(15-32-13-9-10-20(32)25(36)30(7)16-22(33)34)31(8)26(37)23(27(4,5)6)29-24(35)19-14-28-12-11-18(19)3/h17-21,23,28H,9-16H2,1-8H3,(H,29,35)(H,33,34)/t18?,19-,20-,21+,23+/m0/s1. The first-order valence-corrected chi connectivity index (χ1v) is 13.6. The van der Waals surface area contributed by atoms with E-state index in [1.54, 1.807) is 11.9 Å². The number of piperidine rings is 1. The fourth-order valence-electron chi connectivity index (χ4n) is 5.49. The molecule has 2 rings (SSSR count). The van der Waals surface area contributed by atoms with E-state index in [0.29, 0.717) is 26.1 Å². The van der Waals surface area contributed by atoms with Gasteiger partial charge in [0.1, 0.15) is 12.6 Å². The van der Waals surface area contributed by atoms with Crippen molar-refractivity contribution in [3.8, 4) is 0 Å². The number of amides is 3. The quantitative estimate of drug-likeness (QED) is 0.394. The lowest BCUT2D eigenvalue weighted by Gasteiger charge is -2.41. The fourth-order valence-corrected chi connectivity index (χ4v) is 5.49. The zero-order chi connectivity index (χ0) is 28.1. The van der Waals surface area contributed by atoms with Crippen molar-refractivity contribution in [2.24, 2.45) is 23.2 Å². The van der Waals surface area contributed by atoms with Gasteiger partial charge < -0.3 is 25.5 Å². The van der Waals surface area contributed by atoms with Crippen molar-refractivity contribution in [1.29, 1.82) is 0 Å². The van der Waals surface area contributed by atoms with Crippen LogP contribution in [0.1, 0.15) is 60.8 Å². The van der Waals surface area contributed by atoms with Crippen LogP contribution in [0, 0.1) is 23.2 Å². The predicted molar refractivity (Wildman–Crippen MR) is 143 cm³/mol. The van der Waals surface area contributed by atoms with E-state index in [0.717, 1.165) is 19.4 Å². The molecular weight excluding hydrogens is 474 g/mol. The minimum absolute atomic E-state index is 0.0888. The van der Waals surface area contributed by atoms with Crippen LogP contribution in [0.3, 0.4) is 0 Å². The van der Waals surface area contributed by atoms with Crippen molar-refractivity contribution >= 4 is 23.7 Å². The largest absolute Gasteiger partial charge is 0.480 e. The molecule has 3 amide bonds. The van der Waals surface area contributed by atoms with Crippen LogP contribution < -0.4 is 10.6 Å². The molecule has 0 aliphatic carbocycles. The number of nitrogens with one attached hydrogen (secondary N) is 2. The third-order valence-corrected chi connectivity index (χ3v) is 8.00. The van der Waals surface area contributed by atoms with Crippen LogP contribution in [0.15, 0.2) is 0 Å². The Morgan fingerprint density at radius 1 is 1.14 bits per heavy atom. The van der Waals surface area contributed by atoms with Gasteiger partial charge in [-0.15, -0.1) is 0 Å². The van der Waals surface area contributed by atoms with E-state index in [9.17, 15) is 19.2 Å². The number of rotatable bonds is 10. The number of carbonyl (C=O) groups is 4. The van der Waals surface area contributed by atoms with Gasteiger partial charge in [0.05, 0.1) is 12.0 Å². The Hall–Kier alpha value is -2.20. The average Bonchev–Trinajstić information content (AvgIpc) is 3.26. The first-order chi connectivity index (χ1) is 17.1. The number of aliphatic carboxylic acids is 1. The zero-order valence-corrected chi connectivity index (χ0v) is 24.0. The number of nitrogens with zero attached hydrogens (tertiary/aromatic N) is 3. The SMILES string of the molecule is CC1CCNC[C@@H]1C(=O)N[C@H](C(=O)N(C)[C@H](CN1CCC[C@H]1C(=O)N(C)CC(=O)O)C(C)C)C(C)(C)C. The number of hydrogen-bond donors (Lipinski definition) is 3. The normalized spacial score (nSPS) is 24.4. The molecule has 2 aliphatic rings. The lowest BCUT2D eigenvalue weighted by Crippen LogP contribution is -2.60. The van der Waals surface area contributed by atoms with E-state index in [4.69, 9.17) is 5.11 Å². The summed E-state index contributed by atoms with van der Waals surface area (Å²) in [6.07, 6.45) is 2.44. The first-order valence-electron chi connectivity index (χ1n) is 13.6. The molecule has 2 fully saturated rings. The summed E-state index contributed by atoms with van der Waals surface area (Å²) >= 11 is 0. The molecule has 0 saturated carbocycles.